The predicted molar refractivity (Wildman–Crippen MR) is 56.4 cm³/mol. The van der Waals surface area contributed by atoms with Gasteiger partial charge in [0.2, 0.25) is 0 Å². The molecular formula is C11H6F2N4. The average Bonchev–Trinajstić information content (AvgIpc) is 2.34. The molecule has 0 fully saturated rings. The van der Waals surface area contributed by atoms with Crippen LogP contribution in [0.15, 0.2) is 30.6 Å². The topological polar surface area (TPSA) is 61.6 Å². The normalized spacial score (nSPS) is 9.71. The predicted octanol–water partition coefficient (Wildman–Crippen LogP) is 2.37. The highest BCUT2D eigenvalue weighted by Crippen LogP contribution is 2.18. The third-order valence-electron chi connectivity index (χ3n) is 1.99. The van der Waals surface area contributed by atoms with Crippen molar-refractivity contribution in [2.45, 2.75) is 0 Å². The maximum atomic E-state index is 12.9. The van der Waals surface area contributed by atoms with Gasteiger partial charge in [-0.3, -0.25) is 0 Å². The second kappa shape index (κ2) is 4.53. The zero-order valence-corrected chi connectivity index (χ0v) is 8.48. The lowest BCUT2D eigenvalue weighted by Crippen LogP contribution is -1.99. The number of hydrogen-bond donors (Lipinski definition) is 1. The van der Waals surface area contributed by atoms with Gasteiger partial charge in [-0.05, 0) is 12.1 Å². The molecule has 0 saturated carbocycles. The number of hydrogen-bond acceptors (Lipinski definition) is 4. The van der Waals surface area contributed by atoms with Crippen molar-refractivity contribution in [3.05, 3.63) is 47.9 Å². The van der Waals surface area contributed by atoms with Crippen molar-refractivity contribution in [3.8, 4) is 6.07 Å². The standard InChI is InChI=1S/C11H6F2N4/c12-8-2-1-7(5-9(8)13)17-11-10(6-14)15-3-4-16-11/h1-5H,(H,16,17). The molecule has 1 N–H and O–H groups in total. The van der Waals surface area contributed by atoms with Gasteiger partial charge in [-0.2, -0.15) is 5.26 Å². The van der Waals surface area contributed by atoms with E-state index in [1.807, 2.05) is 6.07 Å². The Labute approximate surface area is 95.6 Å². The third kappa shape index (κ3) is 2.34. The lowest BCUT2D eigenvalue weighted by atomic mass is 10.3. The van der Waals surface area contributed by atoms with E-state index in [4.69, 9.17) is 5.26 Å². The molecule has 0 radical (unpaired) electrons. The van der Waals surface area contributed by atoms with Gasteiger partial charge in [0.15, 0.2) is 23.1 Å². The molecule has 0 bridgehead atoms. The molecule has 6 heteroatoms. The van der Waals surface area contributed by atoms with Crippen LogP contribution in [-0.2, 0) is 0 Å². The Morgan fingerprint density at radius 2 is 1.88 bits per heavy atom. The summed E-state index contributed by atoms with van der Waals surface area (Å²) in [5, 5.41) is 11.5. The number of nitrogens with zero attached hydrogens (tertiary/aromatic N) is 3. The van der Waals surface area contributed by atoms with Crippen LogP contribution >= 0.6 is 0 Å². The fourth-order valence-electron chi connectivity index (χ4n) is 1.22. The van der Waals surface area contributed by atoms with E-state index in [9.17, 15) is 8.78 Å². The molecule has 1 aromatic heterocycles. The summed E-state index contributed by atoms with van der Waals surface area (Å²) in [5.41, 5.74) is 0.373. The van der Waals surface area contributed by atoms with Gasteiger partial charge in [-0.15, -0.1) is 0 Å². The van der Waals surface area contributed by atoms with Crippen LogP contribution in [0.4, 0.5) is 20.3 Å². The van der Waals surface area contributed by atoms with E-state index in [0.29, 0.717) is 5.69 Å². The summed E-state index contributed by atoms with van der Waals surface area (Å²) in [7, 11) is 0. The monoisotopic (exact) mass is 232 g/mol. The van der Waals surface area contributed by atoms with E-state index < -0.39 is 11.6 Å². The van der Waals surface area contributed by atoms with Crippen LogP contribution in [0.3, 0.4) is 0 Å². The Balaban J connectivity index is 2.32. The van der Waals surface area contributed by atoms with Crippen LogP contribution in [-0.4, -0.2) is 9.97 Å². The molecule has 0 amide bonds. The number of nitrogens with one attached hydrogen (secondary N) is 1. The molecule has 4 nitrogen and oxygen atoms in total. The van der Waals surface area contributed by atoms with Crippen molar-refractivity contribution in [2.75, 3.05) is 5.32 Å². The lowest BCUT2D eigenvalue weighted by molar-refractivity contribution is 0.509. The van der Waals surface area contributed by atoms with Crippen molar-refractivity contribution in [1.29, 1.82) is 5.26 Å². The molecule has 0 aliphatic rings. The summed E-state index contributed by atoms with van der Waals surface area (Å²) in [4.78, 5) is 7.66. The average molecular weight is 232 g/mol. The molecule has 2 aromatic rings. The fraction of sp³-hybridized carbons (Fsp3) is 0. The first-order valence-electron chi connectivity index (χ1n) is 4.64. The lowest BCUT2D eigenvalue weighted by Gasteiger charge is -2.06. The highest BCUT2D eigenvalue weighted by molar-refractivity contribution is 5.60. The number of rotatable bonds is 2. The zero-order chi connectivity index (χ0) is 12.3. The number of benzene rings is 1. The molecule has 2 rings (SSSR count). The van der Waals surface area contributed by atoms with Gasteiger partial charge in [0, 0.05) is 24.1 Å². The van der Waals surface area contributed by atoms with Gasteiger partial charge in [0.25, 0.3) is 0 Å². The Bertz CT molecular complexity index is 592. The number of nitriles is 1. The second-order valence-corrected chi connectivity index (χ2v) is 3.12. The van der Waals surface area contributed by atoms with Crippen LogP contribution in [0.25, 0.3) is 0 Å². The summed E-state index contributed by atoms with van der Waals surface area (Å²) in [5.74, 6) is -1.71. The van der Waals surface area contributed by atoms with Gasteiger partial charge >= 0.3 is 0 Å². The van der Waals surface area contributed by atoms with E-state index >= 15 is 0 Å². The molecule has 0 unspecified atom stereocenters. The molecule has 17 heavy (non-hydrogen) atoms. The van der Waals surface area contributed by atoms with Gasteiger partial charge in [-0.1, -0.05) is 0 Å². The van der Waals surface area contributed by atoms with Gasteiger partial charge in [0.05, 0.1) is 0 Å². The van der Waals surface area contributed by atoms with E-state index in [-0.39, 0.29) is 11.5 Å². The first-order chi connectivity index (χ1) is 8.20. The molecule has 0 saturated heterocycles. The van der Waals surface area contributed by atoms with Crippen molar-refractivity contribution in [1.82, 2.24) is 9.97 Å². The Kier molecular flexibility index (Phi) is 2.92. The van der Waals surface area contributed by atoms with E-state index in [0.717, 1.165) is 12.1 Å². The van der Waals surface area contributed by atoms with E-state index in [1.165, 1.54) is 18.5 Å². The highest BCUT2D eigenvalue weighted by Gasteiger charge is 2.06. The van der Waals surface area contributed by atoms with E-state index in [1.54, 1.807) is 0 Å². The van der Waals surface area contributed by atoms with Crippen LogP contribution in [0.2, 0.25) is 0 Å². The summed E-state index contributed by atoms with van der Waals surface area (Å²) < 4.78 is 25.6. The van der Waals surface area contributed by atoms with Crippen LogP contribution in [0, 0.1) is 23.0 Å². The summed E-state index contributed by atoms with van der Waals surface area (Å²) in [6, 6.07) is 5.14. The molecule has 0 atom stereocenters. The molecule has 0 aliphatic heterocycles. The van der Waals surface area contributed by atoms with Crippen molar-refractivity contribution in [2.24, 2.45) is 0 Å². The Morgan fingerprint density at radius 3 is 2.59 bits per heavy atom. The SMILES string of the molecule is N#Cc1nccnc1Nc1ccc(F)c(F)c1. The summed E-state index contributed by atoms with van der Waals surface area (Å²) >= 11 is 0. The van der Waals surface area contributed by atoms with E-state index in [2.05, 4.69) is 15.3 Å². The quantitative estimate of drug-likeness (QED) is 0.863. The molecular weight excluding hydrogens is 226 g/mol. The maximum absolute atomic E-state index is 12.9. The first-order valence-corrected chi connectivity index (χ1v) is 4.64. The Hall–Kier alpha value is -2.55. The maximum Gasteiger partial charge on any atom is 0.183 e. The third-order valence-corrected chi connectivity index (χ3v) is 1.99. The molecule has 84 valence electrons. The second-order valence-electron chi connectivity index (χ2n) is 3.12. The molecule has 0 aliphatic carbocycles. The molecule has 0 spiro atoms. The molecule has 1 aromatic carbocycles. The van der Waals surface area contributed by atoms with Crippen LogP contribution < -0.4 is 5.32 Å². The number of halogens is 2. The van der Waals surface area contributed by atoms with Crippen LogP contribution in [0.1, 0.15) is 5.69 Å². The van der Waals surface area contributed by atoms with Gasteiger partial charge in [-0.25, -0.2) is 18.7 Å². The summed E-state index contributed by atoms with van der Waals surface area (Å²) in [6.45, 7) is 0. The van der Waals surface area contributed by atoms with Crippen molar-refractivity contribution < 1.29 is 8.78 Å². The first kappa shape index (κ1) is 11.0. The fourth-order valence-corrected chi connectivity index (χ4v) is 1.22. The number of aromatic nitrogens is 2. The van der Waals surface area contributed by atoms with Crippen molar-refractivity contribution >= 4 is 11.5 Å². The minimum Gasteiger partial charge on any atom is -0.338 e. The van der Waals surface area contributed by atoms with Gasteiger partial charge < -0.3 is 5.32 Å². The molecule has 1 heterocycles. The zero-order valence-electron chi connectivity index (χ0n) is 8.48. The van der Waals surface area contributed by atoms with Crippen molar-refractivity contribution in [3.63, 3.8) is 0 Å². The van der Waals surface area contributed by atoms with Gasteiger partial charge in [0.1, 0.15) is 6.07 Å². The number of anilines is 2. The summed E-state index contributed by atoms with van der Waals surface area (Å²) in [6.07, 6.45) is 2.76. The minimum absolute atomic E-state index is 0.0808. The highest BCUT2D eigenvalue weighted by atomic mass is 19.2. The Morgan fingerprint density at radius 1 is 1.12 bits per heavy atom. The minimum atomic E-state index is -0.975. The van der Waals surface area contributed by atoms with Crippen LogP contribution in [0.5, 0.6) is 0 Å². The smallest absolute Gasteiger partial charge is 0.183 e. The largest absolute Gasteiger partial charge is 0.338 e.